The van der Waals surface area contributed by atoms with Gasteiger partial charge in [0, 0.05) is 5.41 Å². The van der Waals surface area contributed by atoms with Crippen molar-refractivity contribution in [2.45, 2.75) is 27.2 Å². The molecule has 0 rings (SSSR count). The molecule has 0 aliphatic rings. The van der Waals surface area contributed by atoms with Crippen molar-refractivity contribution in [2.75, 3.05) is 6.67 Å². The van der Waals surface area contributed by atoms with E-state index in [-0.39, 0.29) is 11.1 Å². The third-order valence-corrected chi connectivity index (χ3v) is 1.91. The summed E-state index contributed by atoms with van der Waals surface area (Å²) in [5, 5.41) is 11.2. The highest BCUT2D eigenvalue weighted by molar-refractivity contribution is 5.90. The van der Waals surface area contributed by atoms with Crippen molar-refractivity contribution in [1.29, 1.82) is 0 Å². The molecule has 0 bridgehead atoms. The minimum Gasteiger partial charge on any atom is -0.411 e. The van der Waals surface area contributed by atoms with Crippen LogP contribution in [0.5, 0.6) is 0 Å². The molecule has 0 aromatic heterocycles. The fourth-order valence-electron chi connectivity index (χ4n) is 0.547. The third kappa shape index (κ3) is 1.97. The molecular formula is C7H14FNO. The van der Waals surface area contributed by atoms with Crippen LogP contribution < -0.4 is 0 Å². The predicted molar refractivity (Wildman–Crippen MR) is 39.3 cm³/mol. The van der Waals surface area contributed by atoms with Gasteiger partial charge in [-0.3, -0.25) is 0 Å². The second kappa shape index (κ2) is 3.54. The molecule has 0 radical (unpaired) electrons. The lowest BCUT2D eigenvalue weighted by Gasteiger charge is -2.21. The highest BCUT2D eigenvalue weighted by Gasteiger charge is 2.22. The van der Waals surface area contributed by atoms with Gasteiger partial charge in [-0.05, 0) is 6.42 Å². The molecule has 2 nitrogen and oxygen atoms in total. The fraction of sp³-hybridized carbons (Fsp3) is 0.857. The summed E-state index contributed by atoms with van der Waals surface area (Å²) < 4.78 is 12.0. The normalized spacial score (nSPS) is 13.8. The van der Waals surface area contributed by atoms with Crippen molar-refractivity contribution in [3.05, 3.63) is 0 Å². The average Bonchev–Trinajstić information content (AvgIpc) is 1.90. The summed E-state index contributed by atoms with van der Waals surface area (Å²) in [6.07, 6.45) is 0.774. The van der Waals surface area contributed by atoms with E-state index in [1.54, 1.807) is 0 Å². The molecule has 0 saturated heterocycles. The number of oxime groups is 1. The van der Waals surface area contributed by atoms with Gasteiger partial charge in [-0.2, -0.15) is 0 Å². The molecule has 0 unspecified atom stereocenters. The number of rotatable bonds is 3. The first kappa shape index (κ1) is 9.40. The smallest absolute Gasteiger partial charge is 0.131 e. The van der Waals surface area contributed by atoms with E-state index in [1.165, 1.54) is 0 Å². The lowest BCUT2D eigenvalue weighted by Crippen LogP contribution is -2.24. The molecule has 3 heteroatoms. The molecule has 0 saturated carbocycles. The largest absolute Gasteiger partial charge is 0.411 e. The van der Waals surface area contributed by atoms with Crippen molar-refractivity contribution in [3.8, 4) is 0 Å². The van der Waals surface area contributed by atoms with Crippen LogP contribution in [0.1, 0.15) is 27.2 Å². The predicted octanol–water partition coefficient (Wildman–Crippen LogP) is 2.22. The van der Waals surface area contributed by atoms with Crippen LogP contribution in [-0.2, 0) is 0 Å². The van der Waals surface area contributed by atoms with Gasteiger partial charge in [-0.15, -0.1) is 0 Å². The maximum atomic E-state index is 12.0. The van der Waals surface area contributed by atoms with E-state index in [2.05, 4.69) is 5.16 Å². The van der Waals surface area contributed by atoms with E-state index in [0.29, 0.717) is 0 Å². The number of alkyl halides is 1. The summed E-state index contributed by atoms with van der Waals surface area (Å²) in [5.74, 6) is 0. The Morgan fingerprint density at radius 1 is 1.60 bits per heavy atom. The summed E-state index contributed by atoms with van der Waals surface area (Å²) in [5.41, 5.74) is -0.0984. The van der Waals surface area contributed by atoms with Crippen LogP contribution in [0.25, 0.3) is 0 Å². The monoisotopic (exact) mass is 147 g/mol. The Hall–Kier alpha value is -0.600. The van der Waals surface area contributed by atoms with Crippen molar-refractivity contribution in [1.82, 2.24) is 0 Å². The van der Waals surface area contributed by atoms with Crippen molar-refractivity contribution < 1.29 is 9.60 Å². The van der Waals surface area contributed by atoms with E-state index >= 15 is 0 Å². The summed E-state index contributed by atoms with van der Waals surface area (Å²) in [6.45, 7) is 4.96. The first-order chi connectivity index (χ1) is 4.58. The molecule has 0 fully saturated rings. The minimum atomic E-state index is -0.669. The molecule has 60 valence electrons. The highest BCUT2D eigenvalue weighted by Crippen LogP contribution is 2.21. The molecule has 1 N–H and O–H groups in total. The zero-order valence-electron chi connectivity index (χ0n) is 6.69. The Labute approximate surface area is 60.7 Å². The van der Waals surface area contributed by atoms with Gasteiger partial charge in [0.1, 0.15) is 6.67 Å². The minimum absolute atomic E-state index is 0.218. The van der Waals surface area contributed by atoms with E-state index in [1.807, 2.05) is 20.8 Å². The van der Waals surface area contributed by atoms with Crippen LogP contribution in [0.15, 0.2) is 5.16 Å². The summed E-state index contributed by atoms with van der Waals surface area (Å²) >= 11 is 0. The van der Waals surface area contributed by atoms with Crippen molar-refractivity contribution in [2.24, 2.45) is 10.6 Å². The molecular weight excluding hydrogens is 133 g/mol. The first-order valence-electron chi connectivity index (χ1n) is 3.36. The van der Waals surface area contributed by atoms with Crippen LogP contribution >= 0.6 is 0 Å². The van der Waals surface area contributed by atoms with E-state index in [9.17, 15) is 4.39 Å². The van der Waals surface area contributed by atoms with Gasteiger partial charge in [0.25, 0.3) is 0 Å². The molecule has 0 aliphatic carbocycles. The SMILES string of the molecule is CCC(C)(C)C(CF)=NO. The fourth-order valence-corrected chi connectivity index (χ4v) is 0.547. The quantitative estimate of drug-likeness (QED) is 0.370. The Bertz CT molecular complexity index is 132. The zero-order chi connectivity index (χ0) is 8.20. The number of halogens is 1. The molecule has 0 aromatic carbocycles. The summed E-state index contributed by atoms with van der Waals surface area (Å²) in [4.78, 5) is 0. The Kier molecular flexibility index (Phi) is 3.33. The second-order valence-electron chi connectivity index (χ2n) is 2.92. The van der Waals surface area contributed by atoms with Gasteiger partial charge in [-0.1, -0.05) is 25.9 Å². The topological polar surface area (TPSA) is 32.6 Å². The van der Waals surface area contributed by atoms with Gasteiger partial charge in [0.05, 0.1) is 5.71 Å². The van der Waals surface area contributed by atoms with Gasteiger partial charge in [0.2, 0.25) is 0 Å². The van der Waals surface area contributed by atoms with Crippen LogP contribution in [0, 0.1) is 5.41 Å². The first-order valence-corrected chi connectivity index (χ1v) is 3.36. The van der Waals surface area contributed by atoms with Gasteiger partial charge in [0.15, 0.2) is 0 Å². The third-order valence-electron chi connectivity index (χ3n) is 1.91. The standard InChI is InChI=1S/C7H14FNO/c1-4-7(2,3)6(5-8)9-10/h10H,4-5H2,1-3H3. The summed E-state index contributed by atoms with van der Waals surface area (Å²) in [7, 11) is 0. The molecule has 0 aliphatic heterocycles. The van der Waals surface area contributed by atoms with Crippen LogP contribution in [0.2, 0.25) is 0 Å². The van der Waals surface area contributed by atoms with Crippen LogP contribution in [0.4, 0.5) is 4.39 Å². The number of hydrogen-bond acceptors (Lipinski definition) is 2. The maximum Gasteiger partial charge on any atom is 0.131 e. The molecule has 0 heterocycles. The number of hydrogen-bond donors (Lipinski definition) is 1. The van der Waals surface area contributed by atoms with E-state index < -0.39 is 6.67 Å². The average molecular weight is 147 g/mol. The second-order valence-corrected chi connectivity index (χ2v) is 2.92. The Balaban J connectivity index is 4.28. The van der Waals surface area contributed by atoms with Crippen molar-refractivity contribution >= 4 is 5.71 Å². The number of nitrogens with zero attached hydrogens (tertiary/aromatic N) is 1. The Morgan fingerprint density at radius 3 is 2.20 bits per heavy atom. The molecule has 0 atom stereocenters. The lowest BCUT2D eigenvalue weighted by atomic mass is 9.85. The highest BCUT2D eigenvalue weighted by atomic mass is 19.1. The van der Waals surface area contributed by atoms with Gasteiger partial charge >= 0.3 is 0 Å². The van der Waals surface area contributed by atoms with Crippen LogP contribution in [-0.4, -0.2) is 17.6 Å². The lowest BCUT2D eigenvalue weighted by molar-refractivity contribution is 0.302. The molecule has 0 aromatic rings. The summed E-state index contributed by atoms with van der Waals surface area (Å²) in [6, 6.07) is 0. The molecule has 0 amide bonds. The van der Waals surface area contributed by atoms with Gasteiger partial charge in [-0.25, -0.2) is 4.39 Å². The zero-order valence-corrected chi connectivity index (χ0v) is 6.69. The van der Waals surface area contributed by atoms with Gasteiger partial charge < -0.3 is 5.21 Å². The van der Waals surface area contributed by atoms with Crippen molar-refractivity contribution in [3.63, 3.8) is 0 Å². The van der Waals surface area contributed by atoms with Crippen LogP contribution in [0.3, 0.4) is 0 Å². The van der Waals surface area contributed by atoms with E-state index in [0.717, 1.165) is 6.42 Å². The maximum absolute atomic E-state index is 12.0. The Morgan fingerprint density at radius 2 is 2.10 bits per heavy atom. The molecule has 0 spiro atoms. The van der Waals surface area contributed by atoms with E-state index in [4.69, 9.17) is 5.21 Å². The molecule has 10 heavy (non-hydrogen) atoms.